The first-order valence-electron chi connectivity index (χ1n) is 16.1. The van der Waals surface area contributed by atoms with Gasteiger partial charge in [0.2, 0.25) is 0 Å². The highest BCUT2D eigenvalue weighted by molar-refractivity contribution is 9.11. The lowest BCUT2D eigenvalue weighted by Gasteiger charge is -2.39. The van der Waals surface area contributed by atoms with Crippen molar-refractivity contribution in [3.63, 3.8) is 0 Å². The zero-order valence-corrected chi connectivity index (χ0v) is 34.9. The standard InChI is InChI=1S/C42H48Br2Si2/c1-31(2)41(5,6)45(9,10)27-25-35-19-15-13-17-33(35)21-23-37-29-40(44)38(30-39(37)43)24-22-34-18-14-16-20-36(34)26-28-46(11,12)42(7,8)32(3)4/h13-20,29-32H,1-12H3. The molecule has 4 heteroatoms. The van der Waals surface area contributed by atoms with Crippen LogP contribution < -0.4 is 0 Å². The zero-order chi connectivity index (χ0) is 34.5. The molecule has 3 rings (SSSR count). The predicted octanol–water partition coefficient (Wildman–Crippen LogP) is 12.1. The van der Waals surface area contributed by atoms with Gasteiger partial charge in [0.15, 0.2) is 0 Å². The average molecular weight is 769 g/mol. The third kappa shape index (κ3) is 8.80. The van der Waals surface area contributed by atoms with E-state index in [9.17, 15) is 0 Å². The maximum absolute atomic E-state index is 3.75. The molecule has 0 saturated heterocycles. The summed E-state index contributed by atoms with van der Waals surface area (Å²) in [6, 6.07) is 20.4. The Kier molecular flexibility index (Phi) is 12.3. The molecule has 3 aromatic carbocycles. The van der Waals surface area contributed by atoms with Gasteiger partial charge in [-0.3, -0.25) is 0 Å². The van der Waals surface area contributed by atoms with Crippen molar-refractivity contribution in [2.45, 2.75) is 91.7 Å². The monoisotopic (exact) mass is 766 g/mol. The predicted molar refractivity (Wildman–Crippen MR) is 213 cm³/mol. The van der Waals surface area contributed by atoms with Crippen LogP contribution in [0.15, 0.2) is 69.6 Å². The van der Waals surface area contributed by atoms with E-state index in [-0.39, 0.29) is 10.1 Å². The zero-order valence-electron chi connectivity index (χ0n) is 29.7. The number of benzene rings is 3. The minimum absolute atomic E-state index is 0.209. The second-order valence-electron chi connectivity index (χ2n) is 14.9. The SMILES string of the molecule is CC(C)C(C)(C)[Si](C)(C)C#Cc1ccccc1C#Cc1cc(Br)c(C#Cc2ccccc2C#C[Si](C)(C)C(C)(C)C(C)C)cc1Br. The number of rotatable bonds is 4. The molecule has 0 spiro atoms. The Morgan fingerprint density at radius 1 is 0.478 bits per heavy atom. The normalized spacial score (nSPS) is 11.8. The summed E-state index contributed by atoms with van der Waals surface area (Å²) in [5.74, 6) is 21.7. The van der Waals surface area contributed by atoms with E-state index in [1.165, 1.54) is 0 Å². The summed E-state index contributed by atoms with van der Waals surface area (Å²) in [6.45, 7) is 28.1. The second-order valence-corrected chi connectivity index (χ2v) is 26.2. The topological polar surface area (TPSA) is 0 Å². The van der Waals surface area contributed by atoms with Crippen LogP contribution in [0.1, 0.15) is 88.8 Å². The van der Waals surface area contributed by atoms with Crippen molar-refractivity contribution in [2.24, 2.45) is 11.8 Å². The van der Waals surface area contributed by atoms with Gasteiger partial charge in [0, 0.05) is 42.3 Å². The van der Waals surface area contributed by atoms with Crippen molar-refractivity contribution in [1.29, 1.82) is 0 Å². The van der Waals surface area contributed by atoms with Crippen LogP contribution in [0.4, 0.5) is 0 Å². The first kappa shape index (κ1) is 37.7. The van der Waals surface area contributed by atoms with E-state index >= 15 is 0 Å². The molecule has 0 aliphatic heterocycles. The Morgan fingerprint density at radius 2 is 0.739 bits per heavy atom. The van der Waals surface area contributed by atoms with Gasteiger partial charge >= 0.3 is 0 Å². The van der Waals surface area contributed by atoms with Gasteiger partial charge in [-0.2, -0.15) is 0 Å². The largest absolute Gasteiger partial charge is 0.138 e. The van der Waals surface area contributed by atoms with Crippen LogP contribution in [-0.2, 0) is 0 Å². The van der Waals surface area contributed by atoms with Crippen LogP contribution in [0.2, 0.25) is 36.3 Å². The first-order valence-corrected chi connectivity index (χ1v) is 23.7. The van der Waals surface area contributed by atoms with Gasteiger partial charge < -0.3 is 0 Å². The number of halogens is 2. The maximum atomic E-state index is 3.75. The molecule has 0 aromatic heterocycles. The molecule has 0 unspecified atom stereocenters. The molecule has 0 fully saturated rings. The first-order chi connectivity index (χ1) is 21.3. The summed E-state index contributed by atoms with van der Waals surface area (Å²) in [5.41, 5.74) is 13.0. The molecular weight excluding hydrogens is 720 g/mol. The van der Waals surface area contributed by atoms with Crippen molar-refractivity contribution in [3.8, 4) is 46.6 Å². The van der Waals surface area contributed by atoms with Crippen LogP contribution in [0.3, 0.4) is 0 Å². The van der Waals surface area contributed by atoms with Crippen molar-refractivity contribution in [1.82, 2.24) is 0 Å². The van der Waals surface area contributed by atoms with Gasteiger partial charge in [0.1, 0.15) is 16.1 Å². The molecular formula is C42H48Br2Si2. The lowest BCUT2D eigenvalue weighted by atomic mass is 9.99. The molecule has 0 aliphatic carbocycles. The van der Waals surface area contributed by atoms with E-state index in [0.717, 1.165) is 42.3 Å². The van der Waals surface area contributed by atoms with Crippen LogP contribution in [0, 0.1) is 58.4 Å². The Hall–Kier alpha value is -2.71. The van der Waals surface area contributed by atoms with Crippen molar-refractivity contribution >= 4 is 48.0 Å². The molecule has 46 heavy (non-hydrogen) atoms. The van der Waals surface area contributed by atoms with Crippen molar-refractivity contribution < 1.29 is 0 Å². The smallest absolute Gasteiger partial charge is 0.126 e. The Bertz CT molecular complexity index is 1710. The van der Waals surface area contributed by atoms with E-state index in [1.807, 2.05) is 36.4 Å². The average Bonchev–Trinajstić information content (AvgIpc) is 2.99. The lowest BCUT2D eigenvalue weighted by Crippen LogP contribution is -2.41. The molecule has 0 heterocycles. The van der Waals surface area contributed by atoms with Gasteiger partial charge in [-0.1, -0.05) is 141 Å². The highest BCUT2D eigenvalue weighted by Gasteiger charge is 2.41. The quantitative estimate of drug-likeness (QED) is 0.183. The van der Waals surface area contributed by atoms with Crippen LogP contribution in [0.5, 0.6) is 0 Å². The third-order valence-corrected chi connectivity index (χ3v) is 21.1. The van der Waals surface area contributed by atoms with Crippen molar-refractivity contribution in [3.05, 3.63) is 103 Å². The van der Waals surface area contributed by atoms with Crippen molar-refractivity contribution in [2.75, 3.05) is 0 Å². The fourth-order valence-electron chi connectivity index (χ4n) is 4.62. The van der Waals surface area contributed by atoms with Crippen LogP contribution in [-0.4, -0.2) is 16.1 Å². The molecule has 0 atom stereocenters. The molecule has 238 valence electrons. The summed E-state index contributed by atoms with van der Waals surface area (Å²) in [6.07, 6.45) is 0. The lowest BCUT2D eigenvalue weighted by molar-refractivity contribution is 0.462. The minimum atomic E-state index is -1.81. The second kappa shape index (κ2) is 15.0. The van der Waals surface area contributed by atoms with E-state index < -0.39 is 16.1 Å². The maximum Gasteiger partial charge on any atom is 0.138 e. The van der Waals surface area contributed by atoms with Gasteiger partial charge in [-0.05, 0) is 90.2 Å². The third-order valence-electron chi connectivity index (χ3n) is 10.7. The molecule has 0 saturated carbocycles. The van der Waals surface area contributed by atoms with E-state index in [0.29, 0.717) is 11.8 Å². The number of hydrogen-bond donors (Lipinski definition) is 0. The fraction of sp³-hybridized carbons (Fsp3) is 0.381. The summed E-state index contributed by atoms with van der Waals surface area (Å²) in [7, 11) is -3.62. The van der Waals surface area contributed by atoms with Gasteiger partial charge in [0.05, 0.1) is 0 Å². The highest BCUT2D eigenvalue weighted by atomic mass is 79.9. The fourth-order valence-corrected chi connectivity index (χ4v) is 9.93. The molecule has 0 aliphatic rings. The molecule has 3 aromatic rings. The van der Waals surface area contributed by atoms with Gasteiger partial charge in [-0.25, -0.2) is 0 Å². The summed E-state index contributed by atoms with van der Waals surface area (Å²) in [4.78, 5) is 0. The molecule has 0 bridgehead atoms. The highest BCUT2D eigenvalue weighted by Crippen LogP contribution is 2.44. The Labute approximate surface area is 299 Å². The van der Waals surface area contributed by atoms with Crippen LogP contribution >= 0.6 is 31.9 Å². The molecule has 0 N–H and O–H groups in total. The summed E-state index contributed by atoms with van der Waals surface area (Å²) >= 11 is 7.50. The van der Waals surface area contributed by atoms with E-state index in [4.69, 9.17) is 0 Å². The van der Waals surface area contributed by atoms with Gasteiger partial charge in [0.25, 0.3) is 0 Å². The van der Waals surface area contributed by atoms with E-state index in [2.05, 4.69) is 184 Å². The minimum Gasteiger partial charge on any atom is -0.126 e. The Balaban J connectivity index is 1.93. The number of hydrogen-bond acceptors (Lipinski definition) is 0. The summed E-state index contributed by atoms with van der Waals surface area (Å²) in [5, 5.41) is 0.419. The molecule has 0 amide bonds. The van der Waals surface area contributed by atoms with Crippen LogP contribution in [0.25, 0.3) is 0 Å². The van der Waals surface area contributed by atoms with Gasteiger partial charge in [-0.15, -0.1) is 11.1 Å². The summed E-state index contributed by atoms with van der Waals surface area (Å²) < 4.78 is 1.81. The molecule has 0 nitrogen and oxygen atoms in total. The van der Waals surface area contributed by atoms with E-state index in [1.54, 1.807) is 0 Å². The molecule has 0 radical (unpaired) electrons. The Morgan fingerprint density at radius 3 is 1.02 bits per heavy atom.